The van der Waals surface area contributed by atoms with E-state index in [9.17, 15) is 4.79 Å². The third-order valence-electron chi connectivity index (χ3n) is 4.03. The molecular formula is C19H31NO6. The largest absolute Gasteiger partial charge is 0.493 e. The molecule has 0 saturated carbocycles. The van der Waals surface area contributed by atoms with Gasteiger partial charge in [0.25, 0.3) is 0 Å². The summed E-state index contributed by atoms with van der Waals surface area (Å²) in [6.45, 7) is 4.31. The number of esters is 1. The minimum Gasteiger partial charge on any atom is -0.493 e. The van der Waals surface area contributed by atoms with Gasteiger partial charge in [-0.15, -0.1) is 0 Å². The van der Waals surface area contributed by atoms with Gasteiger partial charge in [0.1, 0.15) is 6.04 Å². The van der Waals surface area contributed by atoms with Crippen LogP contribution in [-0.2, 0) is 14.3 Å². The second-order valence-corrected chi connectivity index (χ2v) is 5.74. The van der Waals surface area contributed by atoms with Crippen molar-refractivity contribution in [3.8, 4) is 17.2 Å². The second-order valence-electron chi connectivity index (χ2n) is 5.74. The Labute approximate surface area is 156 Å². The van der Waals surface area contributed by atoms with Gasteiger partial charge in [0, 0.05) is 27.3 Å². The van der Waals surface area contributed by atoms with E-state index in [1.165, 1.54) is 14.2 Å². The van der Waals surface area contributed by atoms with Crippen LogP contribution in [0.5, 0.6) is 17.2 Å². The summed E-state index contributed by atoms with van der Waals surface area (Å²) < 4.78 is 26.7. The van der Waals surface area contributed by atoms with E-state index in [0.717, 1.165) is 6.42 Å². The highest BCUT2D eigenvalue weighted by atomic mass is 16.6. The van der Waals surface area contributed by atoms with Crippen LogP contribution in [0.2, 0.25) is 0 Å². The molecule has 0 aliphatic heterocycles. The summed E-state index contributed by atoms with van der Waals surface area (Å²) in [5.74, 6) is 0.852. The number of benzene rings is 1. The van der Waals surface area contributed by atoms with Crippen LogP contribution in [0.15, 0.2) is 18.2 Å². The number of hydrogen-bond acceptors (Lipinski definition) is 7. The standard InChI is InChI=1S/C19H31NO6/c1-6-8-15(20(11-13-22-2)12-14-23-3)19(21)26-18-16(24-4)9-7-10-17(18)25-5/h7,9-10,15H,6,8,11-14H2,1-5H3/t15-/m1/s1. The molecule has 0 amide bonds. The van der Waals surface area contributed by atoms with Crippen molar-refractivity contribution >= 4 is 5.97 Å². The predicted octanol–water partition coefficient (Wildman–Crippen LogP) is 2.37. The minimum absolute atomic E-state index is 0.294. The van der Waals surface area contributed by atoms with Gasteiger partial charge in [-0.25, -0.2) is 4.79 Å². The SMILES string of the molecule is CCC[C@H](C(=O)Oc1c(OC)cccc1OC)N(CCOC)CCOC. The fourth-order valence-electron chi connectivity index (χ4n) is 2.65. The van der Waals surface area contributed by atoms with Gasteiger partial charge < -0.3 is 23.7 Å². The van der Waals surface area contributed by atoms with Crippen LogP contribution in [-0.4, -0.2) is 71.7 Å². The Kier molecular flexibility index (Phi) is 10.7. The maximum atomic E-state index is 12.9. The number of nitrogens with zero attached hydrogens (tertiary/aromatic N) is 1. The molecule has 0 heterocycles. The highest BCUT2D eigenvalue weighted by Gasteiger charge is 2.28. The fraction of sp³-hybridized carbons (Fsp3) is 0.632. The first-order chi connectivity index (χ1) is 12.6. The molecule has 1 aromatic carbocycles. The summed E-state index contributed by atoms with van der Waals surface area (Å²) in [6.07, 6.45) is 1.52. The topological polar surface area (TPSA) is 66.5 Å². The van der Waals surface area contributed by atoms with Crippen LogP contribution in [0.1, 0.15) is 19.8 Å². The van der Waals surface area contributed by atoms with Gasteiger partial charge in [-0.2, -0.15) is 0 Å². The lowest BCUT2D eigenvalue weighted by molar-refractivity contribution is -0.141. The zero-order valence-corrected chi connectivity index (χ0v) is 16.4. The smallest absolute Gasteiger partial charge is 0.329 e. The zero-order chi connectivity index (χ0) is 19.4. The maximum absolute atomic E-state index is 12.9. The lowest BCUT2D eigenvalue weighted by Crippen LogP contribution is -2.46. The molecular weight excluding hydrogens is 338 g/mol. The van der Waals surface area contributed by atoms with Crippen LogP contribution in [0.25, 0.3) is 0 Å². The summed E-state index contributed by atoms with van der Waals surface area (Å²) in [5, 5.41) is 0. The van der Waals surface area contributed by atoms with E-state index in [1.807, 2.05) is 11.8 Å². The normalized spacial score (nSPS) is 12.1. The minimum atomic E-state index is -0.403. The van der Waals surface area contributed by atoms with Crippen molar-refractivity contribution in [3.63, 3.8) is 0 Å². The Balaban J connectivity index is 3.02. The number of carbonyl (C=O) groups excluding carboxylic acids is 1. The van der Waals surface area contributed by atoms with Crippen molar-refractivity contribution < 1.29 is 28.5 Å². The highest BCUT2D eigenvalue weighted by Crippen LogP contribution is 2.37. The zero-order valence-electron chi connectivity index (χ0n) is 16.4. The molecule has 7 heteroatoms. The molecule has 0 radical (unpaired) electrons. The van der Waals surface area contributed by atoms with E-state index >= 15 is 0 Å². The number of carbonyl (C=O) groups is 1. The Morgan fingerprint density at radius 2 is 1.54 bits per heavy atom. The quantitative estimate of drug-likeness (QED) is 0.391. The van der Waals surface area contributed by atoms with Crippen molar-refractivity contribution in [3.05, 3.63) is 18.2 Å². The summed E-state index contributed by atoms with van der Waals surface area (Å²) in [4.78, 5) is 15.0. The van der Waals surface area contributed by atoms with Gasteiger partial charge in [-0.05, 0) is 18.6 Å². The molecule has 0 aliphatic rings. The van der Waals surface area contributed by atoms with Crippen molar-refractivity contribution in [1.29, 1.82) is 0 Å². The van der Waals surface area contributed by atoms with Crippen molar-refractivity contribution in [2.24, 2.45) is 0 Å². The first-order valence-corrected chi connectivity index (χ1v) is 8.77. The van der Waals surface area contributed by atoms with Gasteiger partial charge in [-0.3, -0.25) is 4.90 Å². The summed E-state index contributed by atoms with van der Waals surface area (Å²) >= 11 is 0. The number of hydrogen-bond donors (Lipinski definition) is 0. The third-order valence-corrected chi connectivity index (χ3v) is 4.03. The Bertz CT molecular complexity index is 507. The van der Waals surface area contributed by atoms with Crippen molar-refractivity contribution in [2.45, 2.75) is 25.8 Å². The summed E-state index contributed by atoms with van der Waals surface area (Å²) in [7, 11) is 6.33. The van der Waals surface area contributed by atoms with Gasteiger partial charge in [0.2, 0.25) is 5.75 Å². The fourth-order valence-corrected chi connectivity index (χ4v) is 2.65. The maximum Gasteiger partial charge on any atom is 0.329 e. The molecule has 0 N–H and O–H groups in total. The molecule has 0 aliphatic carbocycles. The molecule has 26 heavy (non-hydrogen) atoms. The molecule has 0 fully saturated rings. The molecule has 7 nitrogen and oxygen atoms in total. The molecule has 0 aromatic heterocycles. The molecule has 1 aromatic rings. The van der Waals surface area contributed by atoms with Crippen LogP contribution < -0.4 is 14.2 Å². The lowest BCUT2D eigenvalue weighted by Gasteiger charge is -2.29. The molecule has 0 spiro atoms. The lowest BCUT2D eigenvalue weighted by atomic mass is 10.1. The van der Waals surface area contributed by atoms with Crippen LogP contribution >= 0.6 is 0 Å². The van der Waals surface area contributed by atoms with Gasteiger partial charge >= 0.3 is 5.97 Å². The van der Waals surface area contributed by atoms with E-state index in [1.54, 1.807) is 32.4 Å². The first kappa shape index (κ1) is 22.2. The Morgan fingerprint density at radius 3 is 1.96 bits per heavy atom. The molecule has 1 atom stereocenters. The molecule has 0 unspecified atom stereocenters. The number of rotatable bonds is 13. The molecule has 0 saturated heterocycles. The van der Waals surface area contributed by atoms with Gasteiger partial charge in [-0.1, -0.05) is 19.4 Å². The Morgan fingerprint density at radius 1 is 1.00 bits per heavy atom. The highest BCUT2D eigenvalue weighted by molar-refractivity contribution is 5.79. The van der Waals surface area contributed by atoms with Crippen molar-refractivity contribution in [2.75, 3.05) is 54.7 Å². The van der Waals surface area contributed by atoms with E-state index < -0.39 is 6.04 Å². The predicted molar refractivity (Wildman–Crippen MR) is 99.2 cm³/mol. The van der Waals surface area contributed by atoms with E-state index in [2.05, 4.69) is 0 Å². The molecule has 0 bridgehead atoms. The molecule has 148 valence electrons. The first-order valence-electron chi connectivity index (χ1n) is 8.77. The monoisotopic (exact) mass is 369 g/mol. The van der Waals surface area contributed by atoms with Crippen molar-refractivity contribution in [1.82, 2.24) is 4.90 Å². The summed E-state index contributed by atoms with van der Waals surface area (Å²) in [6, 6.07) is 4.84. The Hall–Kier alpha value is -1.83. The third kappa shape index (κ3) is 6.48. The molecule has 1 rings (SSSR count). The van der Waals surface area contributed by atoms with Crippen LogP contribution in [0.3, 0.4) is 0 Å². The average molecular weight is 369 g/mol. The van der Waals surface area contributed by atoms with Gasteiger partial charge in [0.15, 0.2) is 11.5 Å². The van der Waals surface area contributed by atoms with Crippen LogP contribution in [0.4, 0.5) is 0 Å². The second kappa shape index (κ2) is 12.5. The number of methoxy groups -OCH3 is 4. The van der Waals surface area contributed by atoms with E-state index in [-0.39, 0.29) is 5.97 Å². The number of ether oxygens (including phenoxy) is 5. The van der Waals surface area contributed by atoms with Crippen LogP contribution in [0, 0.1) is 0 Å². The number of para-hydroxylation sites is 1. The summed E-state index contributed by atoms with van der Waals surface area (Å²) in [5.41, 5.74) is 0. The average Bonchev–Trinajstić information content (AvgIpc) is 2.66. The van der Waals surface area contributed by atoms with E-state index in [4.69, 9.17) is 23.7 Å². The van der Waals surface area contributed by atoms with E-state index in [0.29, 0.717) is 50.0 Å². The van der Waals surface area contributed by atoms with Gasteiger partial charge in [0.05, 0.1) is 27.4 Å².